The van der Waals surface area contributed by atoms with E-state index < -0.39 is 18.3 Å². The van der Waals surface area contributed by atoms with E-state index in [0.29, 0.717) is 11.2 Å². The van der Waals surface area contributed by atoms with Crippen LogP contribution in [0.4, 0.5) is 0 Å². The van der Waals surface area contributed by atoms with E-state index in [-0.39, 0.29) is 11.8 Å². The van der Waals surface area contributed by atoms with Gasteiger partial charge in [-0.15, -0.1) is 0 Å². The molecule has 0 saturated carbocycles. The topological polar surface area (TPSA) is 77.6 Å². The average molecular weight is 264 g/mol. The fourth-order valence-corrected chi connectivity index (χ4v) is 1.89. The van der Waals surface area contributed by atoms with Crippen LogP contribution in [-0.4, -0.2) is 28.4 Å². The molecule has 3 N–H and O–H groups in total. The number of aromatic hydroxyl groups is 1. The minimum absolute atomic E-state index is 0.0582. The van der Waals surface area contributed by atoms with E-state index >= 15 is 0 Å². The Labute approximate surface area is 114 Å². The molecule has 104 valence electrons. The van der Waals surface area contributed by atoms with E-state index in [1.165, 1.54) is 6.20 Å². The molecule has 19 heavy (non-hydrogen) atoms. The van der Waals surface area contributed by atoms with Gasteiger partial charge in [0.2, 0.25) is 0 Å². The molecule has 0 radical (unpaired) electrons. The second-order valence-electron chi connectivity index (χ2n) is 6.04. The van der Waals surface area contributed by atoms with Gasteiger partial charge in [0.25, 0.3) is 0 Å². The zero-order chi connectivity index (χ0) is 14.4. The SMILES string of the molecule is CC(N)c1cc(B2OC(C)(C)C(C)(C)O2)c(O)cn1. The van der Waals surface area contributed by atoms with Crippen LogP contribution in [0.1, 0.15) is 46.4 Å². The van der Waals surface area contributed by atoms with Gasteiger partial charge in [-0.05, 0) is 40.7 Å². The summed E-state index contributed by atoms with van der Waals surface area (Å²) >= 11 is 0. The van der Waals surface area contributed by atoms with Crippen LogP contribution < -0.4 is 11.2 Å². The van der Waals surface area contributed by atoms with Crippen molar-refractivity contribution in [2.45, 2.75) is 51.9 Å². The summed E-state index contributed by atoms with van der Waals surface area (Å²) in [6.07, 6.45) is 1.39. The maximum absolute atomic E-state index is 9.95. The Morgan fingerprint density at radius 3 is 2.26 bits per heavy atom. The van der Waals surface area contributed by atoms with Crippen LogP contribution >= 0.6 is 0 Å². The first-order valence-corrected chi connectivity index (χ1v) is 6.44. The molecule has 0 amide bonds. The fraction of sp³-hybridized carbons (Fsp3) is 0.615. The summed E-state index contributed by atoms with van der Waals surface area (Å²) in [5.74, 6) is 0.0582. The Kier molecular flexibility index (Phi) is 3.37. The van der Waals surface area contributed by atoms with Crippen molar-refractivity contribution in [1.82, 2.24) is 4.98 Å². The molecule has 1 fully saturated rings. The largest absolute Gasteiger partial charge is 0.507 e. The van der Waals surface area contributed by atoms with Gasteiger partial charge in [0.1, 0.15) is 5.75 Å². The van der Waals surface area contributed by atoms with Gasteiger partial charge in [-0.2, -0.15) is 0 Å². The Balaban J connectivity index is 2.36. The maximum atomic E-state index is 9.95. The zero-order valence-corrected chi connectivity index (χ0v) is 12.1. The molecule has 1 atom stereocenters. The minimum Gasteiger partial charge on any atom is -0.507 e. The molecular weight excluding hydrogens is 243 g/mol. The highest BCUT2D eigenvalue weighted by Gasteiger charge is 2.52. The normalized spacial score (nSPS) is 22.5. The van der Waals surface area contributed by atoms with Crippen molar-refractivity contribution >= 4 is 12.6 Å². The summed E-state index contributed by atoms with van der Waals surface area (Å²) in [7, 11) is -0.606. The Hall–Kier alpha value is -1.11. The number of hydrogen-bond donors (Lipinski definition) is 2. The van der Waals surface area contributed by atoms with Gasteiger partial charge in [-0.1, -0.05) is 0 Å². The van der Waals surface area contributed by atoms with Gasteiger partial charge in [-0.25, -0.2) is 0 Å². The van der Waals surface area contributed by atoms with Crippen molar-refractivity contribution in [3.8, 4) is 5.75 Å². The number of nitrogens with zero attached hydrogens (tertiary/aromatic N) is 1. The van der Waals surface area contributed by atoms with E-state index in [1.54, 1.807) is 6.07 Å². The summed E-state index contributed by atoms with van der Waals surface area (Å²) in [6.45, 7) is 9.72. The van der Waals surface area contributed by atoms with Crippen molar-refractivity contribution in [1.29, 1.82) is 0 Å². The number of rotatable bonds is 2. The monoisotopic (exact) mass is 264 g/mol. The Morgan fingerprint density at radius 1 is 1.26 bits per heavy atom. The van der Waals surface area contributed by atoms with Crippen LogP contribution in [0.5, 0.6) is 5.75 Å². The lowest BCUT2D eigenvalue weighted by Gasteiger charge is -2.32. The molecule has 0 aromatic carbocycles. The molecule has 0 aliphatic carbocycles. The van der Waals surface area contributed by atoms with Crippen LogP contribution in [0.2, 0.25) is 0 Å². The fourth-order valence-electron chi connectivity index (χ4n) is 1.89. The highest BCUT2D eigenvalue weighted by Crippen LogP contribution is 2.37. The smallest absolute Gasteiger partial charge is 0.498 e. The minimum atomic E-state index is -0.606. The number of aromatic nitrogens is 1. The van der Waals surface area contributed by atoms with Crippen LogP contribution in [-0.2, 0) is 9.31 Å². The lowest BCUT2D eigenvalue weighted by Crippen LogP contribution is -2.41. The third-order valence-electron chi connectivity index (χ3n) is 3.91. The van der Waals surface area contributed by atoms with Crippen LogP contribution in [0.25, 0.3) is 0 Å². The van der Waals surface area contributed by atoms with Crippen LogP contribution in [0.3, 0.4) is 0 Å². The molecule has 1 saturated heterocycles. The Morgan fingerprint density at radius 2 is 1.79 bits per heavy atom. The predicted octanol–water partition coefficient (Wildman–Crippen LogP) is 1.11. The van der Waals surface area contributed by atoms with Crippen LogP contribution in [0.15, 0.2) is 12.3 Å². The van der Waals surface area contributed by atoms with Gasteiger partial charge < -0.3 is 20.1 Å². The molecular formula is C13H21BN2O3. The molecule has 1 unspecified atom stereocenters. The summed E-state index contributed by atoms with van der Waals surface area (Å²) < 4.78 is 11.8. The highest BCUT2D eigenvalue weighted by atomic mass is 16.7. The first-order valence-electron chi connectivity index (χ1n) is 6.44. The predicted molar refractivity (Wildman–Crippen MR) is 74.2 cm³/mol. The quantitative estimate of drug-likeness (QED) is 0.782. The average Bonchev–Trinajstić information content (AvgIpc) is 2.48. The molecule has 6 heteroatoms. The van der Waals surface area contributed by atoms with E-state index in [4.69, 9.17) is 15.0 Å². The van der Waals surface area contributed by atoms with E-state index in [2.05, 4.69) is 4.98 Å². The summed E-state index contributed by atoms with van der Waals surface area (Å²) in [6, 6.07) is 1.53. The molecule has 1 aromatic rings. The second-order valence-corrected chi connectivity index (χ2v) is 6.04. The Bertz CT molecular complexity index is 473. The molecule has 2 rings (SSSR count). The molecule has 0 spiro atoms. The van der Waals surface area contributed by atoms with Gasteiger partial charge in [0.15, 0.2) is 0 Å². The lowest BCUT2D eigenvalue weighted by molar-refractivity contribution is 0.00578. The van der Waals surface area contributed by atoms with E-state index in [1.807, 2.05) is 34.6 Å². The lowest BCUT2D eigenvalue weighted by atomic mass is 9.78. The molecule has 1 aliphatic heterocycles. The maximum Gasteiger partial charge on any atom is 0.498 e. The van der Waals surface area contributed by atoms with E-state index in [0.717, 1.165) is 0 Å². The third-order valence-corrected chi connectivity index (χ3v) is 3.91. The van der Waals surface area contributed by atoms with Crippen molar-refractivity contribution in [2.24, 2.45) is 5.73 Å². The molecule has 1 aliphatic rings. The summed E-state index contributed by atoms with van der Waals surface area (Å²) in [5, 5.41) is 9.95. The summed E-state index contributed by atoms with van der Waals surface area (Å²) in [4.78, 5) is 4.10. The number of nitrogens with two attached hydrogens (primary N) is 1. The van der Waals surface area contributed by atoms with Crippen LogP contribution in [0, 0.1) is 0 Å². The van der Waals surface area contributed by atoms with Crippen molar-refractivity contribution in [3.63, 3.8) is 0 Å². The molecule has 0 bridgehead atoms. The number of hydrogen-bond acceptors (Lipinski definition) is 5. The van der Waals surface area contributed by atoms with Crippen molar-refractivity contribution in [3.05, 3.63) is 18.0 Å². The van der Waals surface area contributed by atoms with Crippen molar-refractivity contribution in [2.75, 3.05) is 0 Å². The van der Waals surface area contributed by atoms with Gasteiger partial charge in [0.05, 0.1) is 23.1 Å². The zero-order valence-electron chi connectivity index (χ0n) is 12.1. The standard InChI is InChI=1S/C13H21BN2O3/c1-8(15)10-6-9(11(17)7-16-10)14-18-12(2,3)13(4,5)19-14/h6-8,17H,15H2,1-5H3. The van der Waals surface area contributed by atoms with Crippen molar-refractivity contribution < 1.29 is 14.4 Å². The second kappa shape index (κ2) is 4.47. The van der Waals surface area contributed by atoms with Gasteiger partial charge in [-0.3, -0.25) is 4.98 Å². The highest BCUT2D eigenvalue weighted by molar-refractivity contribution is 6.63. The first-order chi connectivity index (χ1) is 8.64. The molecule has 5 nitrogen and oxygen atoms in total. The summed E-state index contributed by atoms with van der Waals surface area (Å²) in [5.41, 5.74) is 6.19. The number of pyridine rings is 1. The first kappa shape index (κ1) is 14.3. The third kappa shape index (κ3) is 2.48. The van der Waals surface area contributed by atoms with Gasteiger partial charge in [0, 0.05) is 11.5 Å². The van der Waals surface area contributed by atoms with E-state index in [9.17, 15) is 5.11 Å². The molecule has 1 aromatic heterocycles. The molecule has 2 heterocycles. The van der Waals surface area contributed by atoms with Gasteiger partial charge >= 0.3 is 7.12 Å².